The van der Waals surface area contributed by atoms with Crippen LogP contribution >= 0.6 is 0 Å². The van der Waals surface area contributed by atoms with Crippen LogP contribution in [0.1, 0.15) is 23.6 Å². The Balaban J connectivity index is 2.98. The van der Waals surface area contributed by atoms with Crippen molar-refractivity contribution in [3.05, 3.63) is 23.8 Å². The van der Waals surface area contributed by atoms with Crippen molar-refractivity contribution in [2.24, 2.45) is 0 Å². The number of aliphatic hydroxyl groups is 1. The Labute approximate surface area is 82.8 Å². The minimum Gasteiger partial charge on any atom is -0.392 e. The minimum absolute atomic E-state index is 0.145. The molecule has 1 N–H and O–H groups in total. The van der Waals surface area contributed by atoms with Crippen LogP contribution in [0.3, 0.4) is 0 Å². The molecule has 0 bridgehead atoms. The van der Waals surface area contributed by atoms with Gasteiger partial charge >= 0.3 is 0 Å². The lowest BCUT2D eigenvalue weighted by molar-refractivity contribution is 0.280. The van der Waals surface area contributed by atoms with E-state index in [4.69, 9.17) is 5.11 Å². The predicted octanol–water partition coefficient (Wildman–Crippen LogP) is 0.0745. The molecule has 1 aromatic heterocycles. The molecule has 1 unspecified atom stereocenters. The van der Waals surface area contributed by atoms with Crippen molar-refractivity contribution < 1.29 is 13.5 Å². The second-order valence-corrected chi connectivity index (χ2v) is 5.45. The van der Waals surface area contributed by atoms with Gasteiger partial charge in [0.15, 0.2) is 9.84 Å². The molecule has 0 fully saturated rings. The molecule has 0 saturated heterocycles. The van der Waals surface area contributed by atoms with Crippen LogP contribution in [-0.4, -0.2) is 29.7 Å². The van der Waals surface area contributed by atoms with E-state index in [-0.39, 0.29) is 12.4 Å². The summed E-state index contributed by atoms with van der Waals surface area (Å²) in [6.45, 7) is 1.39. The Morgan fingerprint density at radius 2 is 1.93 bits per heavy atom. The van der Waals surface area contributed by atoms with Gasteiger partial charge in [0.1, 0.15) is 11.1 Å². The number of aromatic nitrogens is 2. The molecular formula is C8H12N2O3S. The van der Waals surface area contributed by atoms with Crippen LogP contribution < -0.4 is 0 Å². The van der Waals surface area contributed by atoms with Gasteiger partial charge in [-0.1, -0.05) is 0 Å². The van der Waals surface area contributed by atoms with Crippen molar-refractivity contribution in [2.75, 3.05) is 6.26 Å². The summed E-state index contributed by atoms with van der Waals surface area (Å²) in [5, 5.41) is 8.02. The van der Waals surface area contributed by atoms with E-state index in [0.29, 0.717) is 5.56 Å². The van der Waals surface area contributed by atoms with Crippen LogP contribution in [-0.2, 0) is 16.4 Å². The highest BCUT2D eigenvalue weighted by atomic mass is 32.2. The molecule has 0 saturated carbocycles. The predicted molar refractivity (Wildman–Crippen MR) is 51.2 cm³/mol. The average Bonchev–Trinajstić information content (AvgIpc) is 2.15. The molecule has 14 heavy (non-hydrogen) atoms. The van der Waals surface area contributed by atoms with E-state index in [1.54, 1.807) is 0 Å². The number of nitrogens with zero attached hydrogens (tertiary/aromatic N) is 2. The zero-order valence-electron chi connectivity index (χ0n) is 8.01. The topological polar surface area (TPSA) is 80.2 Å². The molecule has 1 aromatic rings. The van der Waals surface area contributed by atoms with Crippen molar-refractivity contribution in [1.82, 2.24) is 9.97 Å². The van der Waals surface area contributed by atoms with E-state index >= 15 is 0 Å². The number of hydrogen-bond acceptors (Lipinski definition) is 5. The fourth-order valence-corrected chi connectivity index (χ4v) is 1.35. The molecule has 0 aliphatic rings. The van der Waals surface area contributed by atoms with Crippen molar-refractivity contribution in [3.63, 3.8) is 0 Å². The number of rotatable bonds is 3. The summed E-state index contributed by atoms with van der Waals surface area (Å²) in [6, 6.07) is 0. The van der Waals surface area contributed by atoms with Crippen LogP contribution in [0.2, 0.25) is 0 Å². The first kappa shape index (κ1) is 11.1. The van der Waals surface area contributed by atoms with Gasteiger partial charge < -0.3 is 5.11 Å². The van der Waals surface area contributed by atoms with Crippen molar-refractivity contribution in [3.8, 4) is 0 Å². The first-order valence-corrected chi connectivity index (χ1v) is 6.01. The van der Waals surface area contributed by atoms with Crippen LogP contribution in [0.15, 0.2) is 12.4 Å². The highest BCUT2D eigenvalue weighted by Crippen LogP contribution is 2.15. The van der Waals surface area contributed by atoms with Crippen LogP contribution in [0, 0.1) is 0 Å². The second kappa shape index (κ2) is 4.02. The van der Waals surface area contributed by atoms with Crippen LogP contribution in [0.5, 0.6) is 0 Å². The Bertz CT molecular complexity index is 399. The molecule has 0 radical (unpaired) electrons. The highest BCUT2D eigenvalue weighted by molar-refractivity contribution is 7.90. The molecule has 0 aliphatic carbocycles. The van der Waals surface area contributed by atoms with E-state index in [1.165, 1.54) is 19.3 Å². The molecule has 1 heterocycles. The average molecular weight is 216 g/mol. The highest BCUT2D eigenvalue weighted by Gasteiger charge is 2.19. The van der Waals surface area contributed by atoms with Gasteiger partial charge in [0.25, 0.3) is 0 Å². The largest absolute Gasteiger partial charge is 0.392 e. The lowest BCUT2D eigenvalue weighted by atomic mass is 10.3. The third-order valence-corrected chi connectivity index (χ3v) is 3.41. The van der Waals surface area contributed by atoms with E-state index in [0.717, 1.165) is 6.26 Å². The summed E-state index contributed by atoms with van der Waals surface area (Å²) in [4.78, 5) is 7.73. The molecule has 0 aromatic carbocycles. The summed E-state index contributed by atoms with van der Waals surface area (Å²) in [6.07, 6.45) is 3.98. The smallest absolute Gasteiger partial charge is 0.157 e. The fraction of sp³-hybridized carbons (Fsp3) is 0.500. The molecule has 1 atom stereocenters. The zero-order valence-corrected chi connectivity index (χ0v) is 8.82. The van der Waals surface area contributed by atoms with Gasteiger partial charge in [-0.15, -0.1) is 0 Å². The summed E-state index contributed by atoms with van der Waals surface area (Å²) < 4.78 is 22.3. The maximum absolute atomic E-state index is 11.2. The first-order valence-electron chi connectivity index (χ1n) is 4.05. The maximum atomic E-state index is 11.2. The van der Waals surface area contributed by atoms with Gasteiger partial charge in [0.05, 0.1) is 6.61 Å². The summed E-state index contributed by atoms with van der Waals surface area (Å²) in [5.74, 6) is 0.254. The SMILES string of the molecule is CC(c1ncc(CO)cn1)S(C)(=O)=O. The number of aliphatic hydroxyl groups excluding tert-OH is 1. The Morgan fingerprint density at radius 1 is 1.43 bits per heavy atom. The van der Waals surface area contributed by atoms with Crippen molar-refractivity contribution in [2.45, 2.75) is 18.8 Å². The number of sulfone groups is 1. The van der Waals surface area contributed by atoms with Gasteiger partial charge in [-0.05, 0) is 6.92 Å². The van der Waals surface area contributed by atoms with E-state index < -0.39 is 15.1 Å². The fourth-order valence-electron chi connectivity index (χ4n) is 0.848. The van der Waals surface area contributed by atoms with E-state index in [2.05, 4.69) is 9.97 Å². The van der Waals surface area contributed by atoms with E-state index in [9.17, 15) is 8.42 Å². The molecule has 5 nitrogen and oxygen atoms in total. The van der Waals surface area contributed by atoms with Gasteiger partial charge in [-0.3, -0.25) is 0 Å². The molecule has 0 spiro atoms. The molecule has 0 aliphatic heterocycles. The Kier molecular flexibility index (Phi) is 3.17. The third-order valence-electron chi connectivity index (χ3n) is 1.91. The minimum atomic E-state index is -3.16. The second-order valence-electron chi connectivity index (χ2n) is 3.08. The van der Waals surface area contributed by atoms with Gasteiger partial charge in [-0.25, -0.2) is 18.4 Å². The Morgan fingerprint density at radius 3 is 2.29 bits per heavy atom. The number of hydrogen-bond donors (Lipinski definition) is 1. The normalized spacial score (nSPS) is 13.9. The molecular weight excluding hydrogens is 204 g/mol. The standard InChI is InChI=1S/C8H12N2O3S/c1-6(14(2,12)13)8-9-3-7(5-11)4-10-8/h3-4,6,11H,5H2,1-2H3. The monoisotopic (exact) mass is 216 g/mol. The first-order chi connectivity index (χ1) is 6.45. The summed E-state index contributed by atoms with van der Waals surface area (Å²) in [7, 11) is -3.16. The van der Waals surface area contributed by atoms with Gasteiger partial charge in [0, 0.05) is 24.2 Å². The van der Waals surface area contributed by atoms with Crippen molar-refractivity contribution >= 4 is 9.84 Å². The molecule has 6 heteroatoms. The zero-order chi connectivity index (χ0) is 10.8. The van der Waals surface area contributed by atoms with E-state index in [1.807, 2.05) is 0 Å². The van der Waals surface area contributed by atoms with Gasteiger partial charge in [-0.2, -0.15) is 0 Å². The van der Waals surface area contributed by atoms with Crippen LogP contribution in [0.4, 0.5) is 0 Å². The third kappa shape index (κ3) is 2.49. The lowest BCUT2D eigenvalue weighted by Crippen LogP contribution is -2.11. The summed E-state index contributed by atoms with van der Waals surface area (Å²) >= 11 is 0. The summed E-state index contributed by atoms with van der Waals surface area (Å²) in [5.41, 5.74) is 0.564. The maximum Gasteiger partial charge on any atom is 0.157 e. The Hall–Kier alpha value is -1.01. The molecule has 78 valence electrons. The van der Waals surface area contributed by atoms with Crippen molar-refractivity contribution in [1.29, 1.82) is 0 Å². The quantitative estimate of drug-likeness (QED) is 0.773. The molecule has 0 amide bonds. The van der Waals surface area contributed by atoms with Crippen LogP contribution in [0.25, 0.3) is 0 Å². The molecule has 1 rings (SSSR count). The van der Waals surface area contributed by atoms with Gasteiger partial charge in [0.2, 0.25) is 0 Å². The lowest BCUT2D eigenvalue weighted by Gasteiger charge is -2.07.